The number of amides is 1. The van der Waals surface area contributed by atoms with Crippen LogP contribution in [0.3, 0.4) is 0 Å². The lowest BCUT2D eigenvalue weighted by molar-refractivity contribution is -0.144. The first-order valence-electron chi connectivity index (χ1n) is 8.45. The lowest BCUT2D eigenvalue weighted by Gasteiger charge is -2.35. The Balaban J connectivity index is 1.70. The van der Waals surface area contributed by atoms with E-state index in [-0.39, 0.29) is 18.1 Å². The van der Waals surface area contributed by atoms with Crippen molar-refractivity contribution in [3.8, 4) is 0 Å². The number of benzene rings is 1. The molecule has 0 radical (unpaired) electrons. The number of hydrogen-bond acceptors (Lipinski definition) is 6. The third kappa shape index (κ3) is 4.24. The van der Waals surface area contributed by atoms with Gasteiger partial charge in [0, 0.05) is 13.5 Å². The summed E-state index contributed by atoms with van der Waals surface area (Å²) in [6, 6.07) is 9.85. The molecule has 0 unspecified atom stereocenters. The SMILES string of the molecule is Cc1nnc([C@H]2CN(C(=O)[C@@H](Cc3ccccc3)N(C)C)CCO2)o1. The summed E-state index contributed by atoms with van der Waals surface area (Å²) < 4.78 is 11.2. The first-order chi connectivity index (χ1) is 12.0. The molecule has 7 heteroatoms. The van der Waals surface area contributed by atoms with Gasteiger partial charge < -0.3 is 14.1 Å². The van der Waals surface area contributed by atoms with Crippen LogP contribution in [-0.4, -0.2) is 65.7 Å². The molecule has 1 amide bonds. The molecule has 1 aliphatic heterocycles. The van der Waals surface area contributed by atoms with Gasteiger partial charge in [0.25, 0.3) is 0 Å². The molecular weight excluding hydrogens is 320 g/mol. The van der Waals surface area contributed by atoms with E-state index in [1.807, 2.05) is 54.2 Å². The topological polar surface area (TPSA) is 71.7 Å². The van der Waals surface area contributed by atoms with E-state index in [0.717, 1.165) is 5.56 Å². The van der Waals surface area contributed by atoms with Gasteiger partial charge >= 0.3 is 0 Å². The molecule has 0 N–H and O–H groups in total. The maximum absolute atomic E-state index is 13.1. The number of ether oxygens (including phenoxy) is 1. The first-order valence-corrected chi connectivity index (χ1v) is 8.45. The van der Waals surface area contributed by atoms with Gasteiger partial charge in [-0.25, -0.2) is 0 Å². The van der Waals surface area contributed by atoms with Gasteiger partial charge in [0.2, 0.25) is 17.7 Å². The van der Waals surface area contributed by atoms with Crippen molar-refractivity contribution in [3.63, 3.8) is 0 Å². The fourth-order valence-corrected chi connectivity index (χ4v) is 2.98. The summed E-state index contributed by atoms with van der Waals surface area (Å²) in [5, 5.41) is 7.86. The second kappa shape index (κ2) is 7.76. The zero-order valence-electron chi connectivity index (χ0n) is 14.9. The van der Waals surface area contributed by atoms with Crippen LogP contribution in [0.4, 0.5) is 0 Å². The van der Waals surface area contributed by atoms with Gasteiger partial charge in [-0.3, -0.25) is 9.69 Å². The highest BCUT2D eigenvalue weighted by atomic mass is 16.5. The van der Waals surface area contributed by atoms with Crippen molar-refractivity contribution in [2.45, 2.75) is 25.5 Å². The fourth-order valence-electron chi connectivity index (χ4n) is 2.98. The Morgan fingerprint density at radius 1 is 1.32 bits per heavy atom. The maximum atomic E-state index is 13.1. The lowest BCUT2D eigenvalue weighted by Crippen LogP contribution is -2.51. The average molecular weight is 344 g/mol. The van der Waals surface area contributed by atoms with Gasteiger partial charge in [0.05, 0.1) is 19.2 Å². The van der Waals surface area contributed by atoms with E-state index >= 15 is 0 Å². The highest BCUT2D eigenvalue weighted by Gasteiger charge is 2.33. The molecule has 134 valence electrons. The second-order valence-electron chi connectivity index (χ2n) is 6.47. The Morgan fingerprint density at radius 2 is 2.08 bits per heavy atom. The van der Waals surface area contributed by atoms with Gasteiger partial charge in [0.15, 0.2) is 6.10 Å². The Kier molecular flexibility index (Phi) is 5.45. The van der Waals surface area contributed by atoms with Crippen LogP contribution in [0.5, 0.6) is 0 Å². The normalized spacial score (nSPS) is 19.2. The minimum absolute atomic E-state index is 0.0957. The van der Waals surface area contributed by atoms with E-state index in [2.05, 4.69) is 10.2 Å². The van der Waals surface area contributed by atoms with Crippen LogP contribution in [0.1, 0.15) is 23.4 Å². The molecule has 1 aliphatic rings. The van der Waals surface area contributed by atoms with E-state index in [4.69, 9.17) is 9.15 Å². The molecule has 25 heavy (non-hydrogen) atoms. The fraction of sp³-hybridized carbons (Fsp3) is 0.500. The van der Waals surface area contributed by atoms with Crippen molar-refractivity contribution >= 4 is 5.91 Å². The van der Waals surface area contributed by atoms with Crippen molar-refractivity contribution in [2.24, 2.45) is 0 Å². The van der Waals surface area contributed by atoms with Crippen LogP contribution in [0.15, 0.2) is 34.7 Å². The van der Waals surface area contributed by atoms with Crippen molar-refractivity contribution in [2.75, 3.05) is 33.8 Å². The molecule has 0 saturated carbocycles. The zero-order valence-corrected chi connectivity index (χ0v) is 14.9. The number of carbonyl (C=O) groups excluding carboxylic acids is 1. The van der Waals surface area contributed by atoms with E-state index in [0.29, 0.717) is 37.9 Å². The van der Waals surface area contributed by atoms with Gasteiger partial charge in [-0.05, 0) is 26.1 Å². The monoisotopic (exact) mass is 344 g/mol. The highest BCUT2D eigenvalue weighted by Crippen LogP contribution is 2.22. The quantitative estimate of drug-likeness (QED) is 0.818. The van der Waals surface area contributed by atoms with Crippen LogP contribution in [0, 0.1) is 6.92 Å². The van der Waals surface area contributed by atoms with Crippen LogP contribution < -0.4 is 0 Å². The number of hydrogen-bond donors (Lipinski definition) is 0. The molecule has 1 fully saturated rings. The smallest absolute Gasteiger partial charge is 0.246 e. The van der Waals surface area contributed by atoms with E-state index in [9.17, 15) is 4.79 Å². The summed E-state index contributed by atoms with van der Waals surface area (Å²) in [5.74, 6) is 1.02. The maximum Gasteiger partial charge on any atom is 0.246 e. The molecule has 1 aromatic carbocycles. The largest absolute Gasteiger partial charge is 0.423 e. The minimum Gasteiger partial charge on any atom is -0.423 e. The summed E-state index contributed by atoms with van der Waals surface area (Å²) in [5.41, 5.74) is 1.15. The van der Waals surface area contributed by atoms with Gasteiger partial charge in [-0.2, -0.15) is 0 Å². The van der Waals surface area contributed by atoms with Crippen LogP contribution >= 0.6 is 0 Å². The number of morpholine rings is 1. The molecule has 2 heterocycles. The number of carbonyl (C=O) groups is 1. The second-order valence-corrected chi connectivity index (χ2v) is 6.47. The molecule has 3 rings (SSSR count). The van der Waals surface area contributed by atoms with E-state index in [1.165, 1.54) is 0 Å². The minimum atomic E-state index is -0.363. The Hall–Kier alpha value is -2.25. The molecule has 0 aliphatic carbocycles. The molecule has 0 spiro atoms. The molecule has 2 atom stereocenters. The summed E-state index contributed by atoms with van der Waals surface area (Å²) in [6.07, 6.45) is 0.312. The van der Waals surface area contributed by atoms with Gasteiger partial charge in [-0.15, -0.1) is 10.2 Å². The molecule has 1 aromatic heterocycles. The number of aromatic nitrogens is 2. The predicted octanol–water partition coefficient (Wildman–Crippen LogP) is 1.45. The summed E-state index contributed by atoms with van der Waals surface area (Å²) >= 11 is 0. The van der Waals surface area contributed by atoms with Crippen molar-refractivity contribution in [3.05, 3.63) is 47.7 Å². The van der Waals surface area contributed by atoms with Crippen molar-refractivity contribution < 1.29 is 13.9 Å². The zero-order chi connectivity index (χ0) is 17.8. The van der Waals surface area contributed by atoms with Crippen molar-refractivity contribution in [1.29, 1.82) is 0 Å². The van der Waals surface area contributed by atoms with Gasteiger partial charge in [-0.1, -0.05) is 30.3 Å². The Morgan fingerprint density at radius 3 is 2.72 bits per heavy atom. The summed E-state index contributed by atoms with van der Waals surface area (Å²) in [6.45, 7) is 3.20. The standard InChI is InChI=1S/C18H24N4O3/c1-13-19-20-17(25-13)16-12-22(9-10-24-16)18(23)15(21(2)3)11-14-7-5-4-6-8-14/h4-8,15-16H,9-12H2,1-3H3/t15-,16-/m1/s1. The first kappa shape index (κ1) is 17.6. The van der Waals surface area contributed by atoms with Crippen LogP contribution in [-0.2, 0) is 16.0 Å². The Labute approximate surface area is 147 Å². The van der Waals surface area contributed by atoms with E-state index < -0.39 is 0 Å². The lowest BCUT2D eigenvalue weighted by atomic mass is 10.0. The number of likely N-dealkylation sites (N-methyl/N-ethyl adjacent to an activating group) is 1. The molecule has 1 saturated heterocycles. The number of nitrogens with zero attached hydrogens (tertiary/aromatic N) is 4. The van der Waals surface area contributed by atoms with Crippen LogP contribution in [0.25, 0.3) is 0 Å². The third-order valence-corrected chi connectivity index (χ3v) is 4.38. The molecular formula is C18H24N4O3. The summed E-state index contributed by atoms with van der Waals surface area (Å²) in [4.78, 5) is 16.9. The predicted molar refractivity (Wildman–Crippen MR) is 91.9 cm³/mol. The van der Waals surface area contributed by atoms with Crippen LogP contribution in [0.2, 0.25) is 0 Å². The number of rotatable bonds is 5. The third-order valence-electron chi connectivity index (χ3n) is 4.38. The highest BCUT2D eigenvalue weighted by molar-refractivity contribution is 5.82. The number of aryl methyl sites for hydroxylation is 1. The Bertz CT molecular complexity index is 701. The van der Waals surface area contributed by atoms with Gasteiger partial charge in [0.1, 0.15) is 0 Å². The van der Waals surface area contributed by atoms with Crippen molar-refractivity contribution in [1.82, 2.24) is 20.0 Å². The molecule has 7 nitrogen and oxygen atoms in total. The molecule has 2 aromatic rings. The average Bonchev–Trinajstić information content (AvgIpc) is 3.06. The van der Waals surface area contributed by atoms with E-state index in [1.54, 1.807) is 6.92 Å². The summed E-state index contributed by atoms with van der Waals surface area (Å²) in [7, 11) is 3.87. The molecule has 0 bridgehead atoms.